The molecule has 0 aromatic carbocycles. The van der Waals surface area contributed by atoms with Crippen molar-refractivity contribution >= 4 is 5.82 Å². The van der Waals surface area contributed by atoms with Gasteiger partial charge >= 0.3 is 5.69 Å². The molecule has 0 aliphatic carbocycles. The summed E-state index contributed by atoms with van der Waals surface area (Å²) in [4.78, 5) is 14.9. The molecule has 0 unspecified atom stereocenters. The third kappa shape index (κ3) is 2.07. The number of hydrogen-bond acceptors (Lipinski definition) is 8. The largest absolute Gasteiger partial charge is 0.393 e. The van der Waals surface area contributed by atoms with E-state index in [1.54, 1.807) is 0 Å². The number of aliphatic hydroxyl groups is 4. The highest BCUT2D eigenvalue weighted by atomic mass is 19.1. The molecule has 1 fully saturated rings. The van der Waals surface area contributed by atoms with Crippen molar-refractivity contribution in [1.82, 2.24) is 9.55 Å². The van der Waals surface area contributed by atoms with Gasteiger partial charge in [-0.25, -0.2) is 9.18 Å². The fraction of sp³-hybridized carbons (Fsp3) is 0.600. The minimum Gasteiger partial charge on any atom is -0.393 e. The van der Waals surface area contributed by atoms with E-state index in [0.717, 1.165) is 0 Å². The lowest BCUT2D eigenvalue weighted by atomic mass is 9.92. The number of aromatic nitrogens is 2. The van der Waals surface area contributed by atoms with Crippen molar-refractivity contribution in [3.05, 3.63) is 22.5 Å². The summed E-state index contributed by atoms with van der Waals surface area (Å²) in [5.74, 6) is -1.79. The number of aliphatic hydroxyl groups excluding tert-OH is 3. The van der Waals surface area contributed by atoms with Crippen LogP contribution >= 0.6 is 0 Å². The molecule has 2 heterocycles. The molecule has 2 rings (SSSR count). The van der Waals surface area contributed by atoms with Crippen LogP contribution in [0.1, 0.15) is 0 Å². The summed E-state index contributed by atoms with van der Waals surface area (Å²) in [7, 11) is 0. The number of ether oxygens (including phenoxy) is 1. The normalized spacial score (nSPS) is 34.1. The van der Waals surface area contributed by atoms with Crippen LogP contribution in [0, 0.1) is 5.82 Å². The molecule has 1 aromatic rings. The van der Waals surface area contributed by atoms with Gasteiger partial charge in [0.1, 0.15) is 18.3 Å². The first kappa shape index (κ1) is 14.8. The van der Waals surface area contributed by atoms with Crippen LogP contribution in [0.25, 0.3) is 0 Å². The van der Waals surface area contributed by atoms with Crippen LogP contribution < -0.4 is 11.4 Å². The third-order valence-electron chi connectivity index (χ3n) is 3.20. The molecule has 1 aromatic heterocycles. The zero-order valence-electron chi connectivity index (χ0n) is 10.2. The predicted molar refractivity (Wildman–Crippen MR) is 61.9 cm³/mol. The molecular formula is C10H14FN3O6. The molecular weight excluding hydrogens is 277 g/mol. The summed E-state index contributed by atoms with van der Waals surface area (Å²) in [6.07, 6.45) is -4.35. The van der Waals surface area contributed by atoms with Crippen molar-refractivity contribution in [3.8, 4) is 0 Å². The average molecular weight is 291 g/mol. The van der Waals surface area contributed by atoms with Crippen LogP contribution in [0.4, 0.5) is 10.2 Å². The van der Waals surface area contributed by atoms with E-state index in [9.17, 15) is 29.6 Å². The lowest BCUT2D eigenvalue weighted by Gasteiger charge is -2.45. The maximum Gasteiger partial charge on any atom is 0.352 e. The number of halogens is 1. The number of hydrogen-bond donors (Lipinski definition) is 5. The van der Waals surface area contributed by atoms with E-state index in [1.165, 1.54) is 0 Å². The van der Waals surface area contributed by atoms with Crippen LogP contribution in [0.5, 0.6) is 0 Å². The van der Waals surface area contributed by atoms with E-state index >= 15 is 0 Å². The van der Waals surface area contributed by atoms with Crippen LogP contribution in [-0.2, 0) is 10.5 Å². The lowest BCUT2D eigenvalue weighted by molar-refractivity contribution is -0.288. The molecule has 0 radical (unpaired) electrons. The average Bonchev–Trinajstić information content (AvgIpc) is 2.40. The Morgan fingerprint density at radius 3 is 2.85 bits per heavy atom. The van der Waals surface area contributed by atoms with Crippen molar-refractivity contribution in [3.63, 3.8) is 0 Å². The molecule has 0 saturated carbocycles. The second-order valence-electron chi connectivity index (χ2n) is 4.43. The molecule has 9 nitrogen and oxygen atoms in total. The van der Waals surface area contributed by atoms with Gasteiger partial charge in [-0.05, 0) is 0 Å². The van der Waals surface area contributed by atoms with Gasteiger partial charge in [0, 0.05) is 0 Å². The van der Waals surface area contributed by atoms with Crippen molar-refractivity contribution < 1.29 is 29.6 Å². The highest BCUT2D eigenvalue weighted by molar-refractivity contribution is 5.27. The Morgan fingerprint density at radius 1 is 1.60 bits per heavy atom. The van der Waals surface area contributed by atoms with E-state index in [1.807, 2.05) is 0 Å². The summed E-state index contributed by atoms with van der Waals surface area (Å²) in [6, 6.07) is 0. The second-order valence-corrected chi connectivity index (χ2v) is 4.43. The predicted octanol–water partition coefficient (Wildman–Crippen LogP) is -3.28. The fourth-order valence-electron chi connectivity index (χ4n) is 2.09. The molecule has 0 spiro atoms. The van der Waals surface area contributed by atoms with Gasteiger partial charge in [0.15, 0.2) is 11.6 Å². The minimum atomic E-state index is -2.58. The molecule has 1 aliphatic rings. The Balaban J connectivity index is 2.61. The van der Waals surface area contributed by atoms with Crippen LogP contribution in [0.15, 0.2) is 11.0 Å². The lowest BCUT2D eigenvalue weighted by Crippen LogP contribution is -2.66. The SMILES string of the molecule is Nc1nc(=O)n([C@]2(O)[C@H](O)[C@@H](O)CO[C@@H]2CO)cc1F. The molecule has 0 amide bonds. The van der Waals surface area contributed by atoms with E-state index < -0.39 is 48.0 Å². The van der Waals surface area contributed by atoms with E-state index in [4.69, 9.17) is 10.5 Å². The zero-order chi connectivity index (χ0) is 15.1. The molecule has 0 bridgehead atoms. The van der Waals surface area contributed by atoms with Gasteiger partial charge in [0.25, 0.3) is 0 Å². The first-order valence-electron chi connectivity index (χ1n) is 5.68. The summed E-state index contributed by atoms with van der Waals surface area (Å²) >= 11 is 0. The van der Waals surface area contributed by atoms with Crippen molar-refractivity contribution in [2.45, 2.75) is 24.0 Å². The Hall–Kier alpha value is -1.59. The quantitative estimate of drug-likeness (QED) is 0.380. The molecule has 1 saturated heterocycles. The summed E-state index contributed by atoms with van der Waals surface area (Å²) in [6.45, 7) is -1.15. The van der Waals surface area contributed by atoms with Gasteiger partial charge in [-0.1, -0.05) is 0 Å². The highest BCUT2D eigenvalue weighted by Gasteiger charge is 2.53. The Morgan fingerprint density at radius 2 is 2.25 bits per heavy atom. The number of nitrogens with zero attached hydrogens (tertiary/aromatic N) is 2. The summed E-state index contributed by atoms with van der Waals surface area (Å²) in [5.41, 5.74) is 1.37. The zero-order valence-corrected chi connectivity index (χ0v) is 10.2. The Bertz CT molecular complexity index is 562. The van der Waals surface area contributed by atoms with Crippen molar-refractivity contribution in [2.24, 2.45) is 0 Å². The summed E-state index contributed by atoms with van der Waals surface area (Å²) in [5, 5.41) is 39.1. The molecule has 1 aliphatic heterocycles. The van der Waals surface area contributed by atoms with Gasteiger partial charge in [0.05, 0.1) is 19.4 Å². The summed E-state index contributed by atoms with van der Waals surface area (Å²) < 4.78 is 18.7. The minimum absolute atomic E-state index is 0.340. The monoisotopic (exact) mass is 291 g/mol. The molecule has 6 N–H and O–H groups in total. The molecule has 20 heavy (non-hydrogen) atoms. The first-order valence-corrected chi connectivity index (χ1v) is 5.68. The second kappa shape index (κ2) is 5.07. The Kier molecular flexibility index (Phi) is 3.75. The molecule has 10 heteroatoms. The maximum absolute atomic E-state index is 13.4. The number of nitrogens with two attached hydrogens (primary N) is 1. The topological polar surface area (TPSA) is 151 Å². The first-order chi connectivity index (χ1) is 9.32. The van der Waals surface area contributed by atoms with E-state index in [0.29, 0.717) is 10.8 Å². The molecule has 112 valence electrons. The smallest absolute Gasteiger partial charge is 0.352 e. The van der Waals surface area contributed by atoms with Gasteiger partial charge < -0.3 is 30.9 Å². The van der Waals surface area contributed by atoms with E-state index in [-0.39, 0.29) is 6.61 Å². The number of nitrogen functional groups attached to an aromatic ring is 1. The van der Waals surface area contributed by atoms with Crippen LogP contribution in [-0.4, -0.2) is 61.5 Å². The maximum atomic E-state index is 13.4. The van der Waals surface area contributed by atoms with Gasteiger partial charge in [-0.2, -0.15) is 4.98 Å². The van der Waals surface area contributed by atoms with Gasteiger partial charge in [-0.3, -0.25) is 4.57 Å². The van der Waals surface area contributed by atoms with E-state index in [2.05, 4.69) is 4.98 Å². The highest BCUT2D eigenvalue weighted by Crippen LogP contribution is 2.30. The molecule has 4 atom stereocenters. The fourth-order valence-corrected chi connectivity index (χ4v) is 2.09. The number of anilines is 1. The number of rotatable bonds is 2. The standard InChI is InChI=1S/C10H14FN3O6/c11-4-1-14(9(18)13-8(4)12)10(19)6(2-15)20-3-5(16)7(10)17/h1,5-7,15-17,19H,2-3H2,(H2,12,13,18)/t5-,6+,7+,10+/m0/s1. The van der Waals surface area contributed by atoms with Crippen LogP contribution in [0.2, 0.25) is 0 Å². The Labute approximate surface area is 111 Å². The van der Waals surface area contributed by atoms with Crippen LogP contribution in [0.3, 0.4) is 0 Å². The third-order valence-corrected chi connectivity index (χ3v) is 3.20. The van der Waals surface area contributed by atoms with Crippen molar-refractivity contribution in [2.75, 3.05) is 18.9 Å². The van der Waals surface area contributed by atoms with Gasteiger partial charge in [-0.15, -0.1) is 0 Å². The van der Waals surface area contributed by atoms with Crippen molar-refractivity contribution in [1.29, 1.82) is 0 Å². The van der Waals surface area contributed by atoms with Gasteiger partial charge in [0.2, 0.25) is 5.72 Å².